The molecule has 0 heterocycles. The smallest absolute Gasteiger partial charge is 0.237 e. The summed E-state index contributed by atoms with van der Waals surface area (Å²) in [5, 5.41) is 12.3. The van der Waals surface area contributed by atoms with Crippen LogP contribution >= 0.6 is 0 Å². The lowest BCUT2D eigenvalue weighted by Gasteiger charge is -2.34. The molecule has 0 bridgehead atoms. The SMILES string of the molecule is CC1(C)CCC(NC(=O)C(C#N)Cc2ccccc2)CC1. The second-order valence-electron chi connectivity index (χ2n) is 6.82. The lowest BCUT2D eigenvalue weighted by atomic mass is 9.75. The van der Waals surface area contributed by atoms with Crippen LogP contribution in [-0.4, -0.2) is 11.9 Å². The van der Waals surface area contributed by atoms with Crippen LogP contribution in [0.25, 0.3) is 0 Å². The van der Waals surface area contributed by atoms with Crippen molar-refractivity contribution in [1.82, 2.24) is 5.32 Å². The van der Waals surface area contributed by atoms with Gasteiger partial charge in [-0.3, -0.25) is 4.79 Å². The summed E-state index contributed by atoms with van der Waals surface area (Å²) in [7, 11) is 0. The standard InChI is InChI=1S/C18H24N2O/c1-18(2)10-8-16(9-11-18)20-17(21)15(13-19)12-14-6-4-3-5-7-14/h3-7,15-16H,8-12H2,1-2H3,(H,20,21). The van der Waals surface area contributed by atoms with Gasteiger partial charge in [-0.05, 0) is 43.1 Å². The summed E-state index contributed by atoms with van der Waals surface area (Å²) in [6.45, 7) is 4.55. The van der Waals surface area contributed by atoms with Crippen LogP contribution in [0.5, 0.6) is 0 Å². The van der Waals surface area contributed by atoms with Gasteiger partial charge in [0, 0.05) is 6.04 Å². The molecule has 1 unspecified atom stereocenters. The van der Waals surface area contributed by atoms with Crippen molar-refractivity contribution in [3.63, 3.8) is 0 Å². The first-order valence-electron chi connectivity index (χ1n) is 7.74. The van der Waals surface area contributed by atoms with E-state index in [9.17, 15) is 10.1 Å². The van der Waals surface area contributed by atoms with Crippen molar-refractivity contribution < 1.29 is 4.79 Å². The maximum atomic E-state index is 12.3. The minimum Gasteiger partial charge on any atom is -0.352 e. The van der Waals surface area contributed by atoms with Gasteiger partial charge >= 0.3 is 0 Å². The molecule has 0 radical (unpaired) electrons. The third-order valence-corrected chi connectivity index (χ3v) is 4.44. The van der Waals surface area contributed by atoms with E-state index in [0.29, 0.717) is 11.8 Å². The van der Waals surface area contributed by atoms with E-state index in [1.54, 1.807) is 0 Å². The molecule has 1 aromatic carbocycles. The number of rotatable bonds is 4. The quantitative estimate of drug-likeness (QED) is 0.920. The van der Waals surface area contributed by atoms with Gasteiger partial charge in [0.15, 0.2) is 0 Å². The van der Waals surface area contributed by atoms with Gasteiger partial charge in [-0.1, -0.05) is 44.2 Å². The van der Waals surface area contributed by atoms with Gasteiger partial charge in [0.2, 0.25) is 5.91 Å². The Morgan fingerprint density at radius 1 is 1.33 bits per heavy atom. The highest BCUT2D eigenvalue weighted by Crippen LogP contribution is 2.35. The van der Waals surface area contributed by atoms with Crippen molar-refractivity contribution in [2.24, 2.45) is 11.3 Å². The fraction of sp³-hybridized carbons (Fsp3) is 0.556. The predicted molar refractivity (Wildman–Crippen MR) is 83.4 cm³/mol. The van der Waals surface area contributed by atoms with Gasteiger partial charge in [-0.15, -0.1) is 0 Å². The summed E-state index contributed by atoms with van der Waals surface area (Å²) in [6, 6.07) is 12.1. The van der Waals surface area contributed by atoms with Crippen molar-refractivity contribution in [3.8, 4) is 6.07 Å². The molecule has 1 N–H and O–H groups in total. The molecular formula is C18H24N2O. The zero-order valence-corrected chi connectivity index (χ0v) is 12.9. The van der Waals surface area contributed by atoms with Crippen molar-refractivity contribution in [1.29, 1.82) is 5.26 Å². The number of nitrogens with one attached hydrogen (secondary N) is 1. The first-order valence-corrected chi connectivity index (χ1v) is 7.74. The molecule has 1 saturated carbocycles. The molecule has 112 valence electrons. The van der Waals surface area contributed by atoms with E-state index in [1.807, 2.05) is 30.3 Å². The molecule has 1 fully saturated rings. The van der Waals surface area contributed by atoms with Crippen LogP contribution in [0.4, 0.5) is 0 Å². The molecule has 3 nitrogen and oxygen atoms in total. The minimum absolute atomic E-state index is 0.119. The second kappa shape index (κ2) is 6.76. The minimum atomic E-state index is -0.595. The van der Waals surface area contributed by atoms with Crippen molar-refractivity contribution >= 4 is 5.91 Å². The number of nitriles is 1. The van der Waals surface area contributed by atoms with Crippen LogP contribution in [0.15, 0.2) is 30.3 Å². The summed E-state index contributed by atoms with van der Waals surface area (Å²) >= 11 is 0. The van der Waals surface area contributed by atoms with Gasteiger partial charge in [-0.25, -0.2) is 0 Å². The predicted octanol–water partition coefficient (Wildman–Crippen LogP) is 3.45. The molecule has 0 saturated heterocycles. The zero-order valence-electron chi connectivity index (χ0n) is 12.9. The maximum absolute atomic E-state index is 12.3. The van der Waals surface area contributed by atoms with Gasteiger partial charge in [0.25, 0.3) is 0 Å². The Hall–Kier alpha value is -1.82. The average molecular weight is 284 g/mol. The molecule has 3 heteroatoms. The molecule has 0 aromatic heterocycles. The Bertz CT molecular complexity index is 506. The Kier molecular flexibility index (Phi) is 5.01. The number of amides is 1. The molecule has 2 rings (SSSR count). The average Bonchev–Trinajstić information content (AvgIpc) is 2.48. The van der Waals surface area contributed by atoms with E-state index >= 15 is 0 Å². The molecule has 1 atom stereocenters. The second-order valence-corrected chi connectivity index (χ2v) is 6.82. The van der Waals surface area contributed by atoms with Gasteiger partial charge < -0.3 is 5.32 Å². The Morgan fingerprint density at radius 3 is 2.52 bits per heavy atom. The molecule has 1 amide bonds. The highest BCUT2D eigenvalue weighted by atomic mass is 16.1. The number of nitrogens with zero attached hydrogens (tertiary/aromatic N) is 1. The number of carbonyl (C=O) groups is 1. The number of benzene rings is 1. The monoisotopic (exact) mass is 284 g/mol. The van der Waals surface area contributed by atoms with Crippen molar-refractivity contribution in [2.45, 2.75) is 52.0 Å². The van der Waals surface area contributed by atoms with Crippen LogP contribution in [0.2, 0.25) is 0 Å². The van der Waals surface area contributed by atoms with Gasteiger partial charge in [0.1, 0.15) is 5.92 Å². The van der Waals surface area contributed by atoms with Gasteiger partial charge in [-0.2, -0.15) is 5.26 Å². The molecule has 1 aliphatic carbocycles. The molecular weight excluding hydrogens is 260 g/mol. The first kappa shape index (κ1) is 15.6. The molecule has 21 heavy (non-hydrogen) atoms. The zero-order chi connectivity index (χ0) is 15.3. The highest BCUT2D eigenvalue weighted by Gasteiger charge is 2.29. The lowest BCUT2D eigenvalue weighted by Crippen LogP contribution is -2.42. The Balaban J connectivity index is 1.88. The largest absolute Gasteiger partial charge is 0.352 e. The normalized spacial score (nSPS) is 19.5. The summed E-state index contributed by atoms with van der Waals surface area (Å²) < 4.78 is 0. The Morgan fingerprint density at radius 2 is 1.95 bits per heavy atom. The maximum Gasteiger partial charge on any atom is 0.237 e. The fourth-order valence-electron chi connectivity index (χ4n) is 2.89. The lowest BCUT2D eigenvalue weighted by molar-refractivity contribution is -0.124. The summed E-state index contributed by atoms with van der Waals surface area (Å²) in [6.07, 6.45) is 4.79. The van der Waals surface area contributed by atoms with Crippen LogP contribution in [-0.2, 0) is 11.2 Å². The number of hydrogen-bond acceptors (Lipinski definition) is 2. The number of carbonyl (C=O) groups excluding carboxylic acids is 1. The van der Waals surface area contributed by atoms with Gasteiger partial charge in [0.05, 0.1) is 6.07 Å². The Labute approximate surface area is 127 Å². The molecule has 1 aromatic rings. The van der Waals surface area contributed by atoms with Crippen molar-refractivity contribution in [3.05, 3.63) is 35.9 Å². The topological polar surface area (TPSA) is 52.9 Å². The molecule has 0 aliphatic heterocycles. The van der Waals surface area contributed by atoms with E-state index in [2.05, 4.69) is 25.2 Å². The van der Waals surface area contributed by atoms with Crippen LogP contribution in [0, 0.1) is 22.7 Å². The van der Waals surface area contributed by atoms with E-state index in [-0.39, 0.29) is 11.9 Å². The summed E-state index contributed by atoms with van der Waals surface area (Å²) in [4.78, 5) is 12.3. The third-order valence-electron chi connectivity index (χ3n) is 4.44. The number of hydrogen-bond donors (Lipinski definition) is 1. The van der Waals surface area contributed by atoms with E-state index in [0.717, 1.165) is 31.2 Å². The van der Waals surface area contributed by atoms with Crippen LogP contribution < -0.4 is 5.32 Å². The third kappa shape index (κ3) is 4.60. The van der Waals surface area contributed by atoms with E-state index < -0.39 is 5.92 Å². The van der Waals surface area contributed by atoms with E-state index in [4.69, 9.17) is 0 Å². The first-order chi connectivity index (χ1) is 10.00. The summed E-state index contributed by atoms with van der Waals surface area (Å²) in [5.41, 5.74) is 1.42. The highest BCUT2D eigenvalue weighted by molar-refractivity contribution is 5.81. The van der Waals surface area contributed by atoms with Crippen LogP contribution in [0.3, 0.4) is 0 Å². The summed E-state index contributed by atoms with van der Waals surface area (Å²) in [5.74, 6) is -0.714. The van der Waals surface area contributed by atoms with Crippen LogP contribution in [0.1, 0.15) is 45.1 Å². The fourth-order valence-corrected chi connectivity index (χ4v) is 2.89. The van der Waals surface area contributed by atoms with E-state index in [1.165, 1.54) is 0 Å². The molecule has 1 aliphatic rings. The molecule has 0 spiro atoms. The van der Waals surface area contributed by atoms with Crippen molar-refractivity contribution in [2.75, 3.05) is 0 Å².